The summed E-state index contributed by atoms with van der Waals surface area (Å²) in [5.74, 6) is -0.115. The number of ether oxygens (including phenoxy) is 1. The lowest BCUT2D eigenvalue weighted by Crippen LogP contribution is -2.44. The summed E-state index contributed by atoms with van der Waals surface area (Å²) in [5.41, 5.74) is 6.73. The van der Waals surface area contributed by atoms with Crippen LogP contribution in [-0.2, 0) is 9.53 Å². The Morgan fingerprint density at radius 2 is 1.94 bits per heavy atom. The molecule has 1 unspecified atom stereocenters. The number of morpholine rings is 1. The third-order valence-electron chi connectivity index (χ3n) is 3.06. The number of carbonyl (C=O) groups is 1. The quantitative estimate of drug-likeness (QED) is 0.832. The van der Waals surface area contributed by atoms with Gasteiger partial charge < -0.3 is 15.4 Å². The Kier molecular flexibility index (Phi) is 4.12. The zero-order valence-electron chi connectivity index (χ0n) is 9.84. The van der Waals surface area contributed by atoms with Crippen molar-refractivity contribution in [3.63, 3.8) is 0 Å². The second kappa shape index (κ2) is 5.80. The monoisotopic (exact) mass is 234 g/mol. The predicted octanol–water partition coefficient (Wildman–Crippen LogP) is 0.588. The van der Waals surface area contributed by atoms with Gasteiger partial charge in [-0.25, -0.2) is 0 Å². The van der Waals surface area contributed by atoms with Crippen LogP contribution in [0.5, 0.6) is 0 Å². The Balaban J connectivity index is 2.10. The van der Waals surface area contributed by atoms with Crippen molar-refractivity contribution in [2.75, 3.05) is 32.8 Å². The van der Waals surface area contributed by atoms with Crippen molar-refractivity contribution in [1.82, 2.24) is 4.90 Å². The maximum Gasteiger partial charge on any atom is 0.231 e. The molecule has 1 atom stereocenters. The summed E-state index contributed by atoms with van der Waals surface area (Å²) in [7, 11) is 0. The van der Waals surface area contributed by atoms with Gasteiger partial charge in [-0.05, 0) is 5.56 Å². The first-order valence-electron chi connectivity index (χ1n) is 5.94. The number of benzene rings is 1. The number of nitrogens with two attached hydrogens (primary N) is 1. The third kappa shape index (κ3) is 2.84. The molecule has 1 aliphatic rings. The summed E-state index contributed by atoms with van der Waals surface area (Å²) in [5, 5.41) is 0. The van der Waals surface area contributed by atoms with E-state index in [0.29, 0.717) is 32.8 Å². The van der Waals surface area contributed by atoms with Gasteiger partial charge in [0.05, 0.1) is 19.1 Å². The van der Waals surface area contributed by atoms with Gasteiger partial charge in [-0.15, -0.1) is 0 Å². The highest BCUT2D eigenvalue weighted by Crippen LogP contribution is 2.17. The van der Waals surface area contributed by atoms with Crippen molar-refractivity contribution >= 4 is 5.91 Å². The van der Waals surface area contributed by atoms with Crippen molar-refractivity contribution in [2.45, 2.75) is 5.92 Å². The minimum atomic E-state index is -0.228. The predicted molar refractivity (Wildman–Crippen MR) is 65.6 cm³/mol. The van der Waals surface area contributed by atoms with Crippen LogP contribution in [0.4, 0.5) is 0 Å². The topological polar surface area (TPSA) is 55.6 Å². The van der Waals surface area contributed by atoms with Gasteiger partial charge in [-0.1, -0.05) is 30.3 Å². The largest absolute Gasteiger partial charge is 0.378 e. The van der Waals surface area contributed by atoms with Gasteiger partial charge >= 0.3 is 0 Å². The van der Waals surface area contributed by atoms with Crippen LogP contribution >= 0.6 is 0 Å². The molecule has 17 heavy (non-hydrogen) atoms. The fourth-order valence-electron chi connectivity index (χ4n) is 2.07. The zero-order valence-corrected chi connectivity index (χ0v) is 9.84. The summed E-state index contributed by atoms with van der Waals surface area (Å²) in [6.07, 6.45) is 0. The number of hydrogen-bond donors (Lipinski definition) is 1. The number of carbonyl (C=O) groups excluding carboxylic acids is 1. The first-order valence-corrected chi connectivity index (χ1v) is 5.94. The normalized spacial score (nSPS) is 17.8. The van der Waals surface area contributed by atoms with Crippen LogP contribution in [0.2, 0.25) is 0 Å². The van der Waals surface area contributed by atoms with E-state index in [1.54, 1.807) is 0 Å². The van der Waals surface area contributed by atoms with Crippen molar-refractivity contribution in [2.24, 2.45) is 5.73 Å². The number of nitrogens with zero attached hydrogens (tertiary/aromatic N) is 1. The lowest BCUT2D eigenvalue weighted by atomic mass is 9.97. The maximum atomic E-state index is 12.3. The summed E-state index contributed by atoms with van der Waals surface area (Å²) < 4.78 is 5.24. The lowest BCUT2D eigenvalue weighted by Gasteiger charge is -2.30. The molecule has 1 amide bonds. The summed E-state index contributed by atoms with van der Waals surface area (Å²) in [6.45, 7) is 2.93. The summed E-state index contributed by atoms with van der Waals surface area (Å²) in [4.78, 5) is 14.2. The molecule has 0 spiro atoms. The molecule has 0 saturated carbocycles. The highest BCUT2D eigenvalue weighted by molar-refractivity contribution is 5.84. The SMILES string of the molecule is NCC(C(=O)N1CCOCC1)c1ccccc1. The van der Waals surface area contributed by atoms with E-state index in [2.05, 4.69) is 0 Å². The number of rotatable bonds is 3. The Morgan fingerprint density at radius 3 is 2.53 bits per heavy atom. The van der Waals surface area contributed by atoms with Crippen molar-refractivity contribution in [1.29, 1.82) is 0 Å². The molecule has 2 N–H and O–H groups in total. The van der Waals surface area contributed by atoms with Crippen LogP contribution in [0.3, 0.4) is 0 Å². The average molecular weight is 234 g/mol. The maximum absolute atomic E-state index is 12.3. The molecule has 2 rings (SSSR count). The molecule has 0 aliphatic carbocycles. The molecule has 1 fully saturated rings. The molecule has 1 heterocycles. The van der Waals surface area contributed by atoms with Crippen molar-refractivity contribution < 1.29 is 9.53 Å². The number of hydrogen-bond acceptors (Lipinski definition) is 3. The van der Waals surface area contributed by atoms with Gasteiger partial charge in [0, 0.05) is 19.6 Å². The van der Waals surface area contributed by atoms with Crippen LogP contribution in [0.15, 0.2) is 30.3 Å². The molecule has 0 radical (unpaired) electrons. The minimum absolute atomic E-state index is 0.113. The number of amides is 1. The van der Waals surface area contributed by atoms with Gasteiger partial charge in [0.1, 0.15) is 0 Å². The zero-order chi connectivity index (χ0) is 12.1. The second-order valence-electron chi connectivity index (χ2n) is 4.14. The second-order valence-corrected chi connectivity index (χ2v) is 4.14. The van der Waals surface area contributed by atoms with E-state index >= 15 is 0 Å². The van der Waals surface area contributed by atoms with Gasteiger partial charge in [0.25, 0.3) is 0 Å². The Bertz CT molecular complexity index is 361. The van der Waals surface area contributed by atoms with Crippen molar-refractivity contribution in [3.05, 3.63) is 35.9 Å². The van der Waals surface area contributed by atoms with E-state index in [-0.39, 0.29) is 11.8 Å². The van der Waals surface area contributed by atoms with Gasteiger partial charge in [-0.3, -0.25) is 4.79 Å². The highest BCUT2D eigenvalue weighted by atomic mass is 16.5. The molecule has 0 aromatic heterocycles. The van der Waals surface area contributed by atoms with E-state index in [1.807, 2.05) is 35.2 Å². The van der Waals surface area contributed by atoms with Crippen LogP contribution < -0.4 is 5.73 Å². The standard InChI is InChI=1S/C13H18N2O2/c14-10-12(11-4-2-1-3-5-11)13(16)15-6-8-17-9-7-15/h1-5,12H,6-10,14H2. The molecular formula is C13H18N2O2. The smallest absolute Gasteiger partial charge is 0.231 e. The molecule has 1 aliphatic heterocycles. The van der Waals surface area contributed by atoms with Gasteiger partial charge in [0.15, 0.2) is 0 Å². The van der Waals surface area contributed by atoms with Crippen molar-refractivity contribution in [3.8, 4) is 0 Å². The molecule has 92 valence electrons. The van der Waals surface area contributed by atoms with Crippen LogP contribution in [0.1, 0.15) is 11.5 Å². The van der Waals surface area contributed by atoms with E-state index < -0.39 is 0 Å². The van der Waals surface area contributed by atoms with E-state index in [4.69, 9.17) is 10.5 Å². The van der Waals surface area contributed by atoms with E-state index in [0.717, 1.165) is 5.56 Å². The first-order chi connectivity index (χ1) is 8.33. The first kappa shape index (κ1) is 12.1. The summed E-state index contributed by atoms with van der Waals surface area (Å²) in [6, 6.07) is 9.72. The van der Waals surface area contributed by atoms with Crippen LogP contribution in [-0.4, -0.2) is 43.7 Å². The van der Waals surface area contributed by atoms with Gasteiger partial charge in [-0.2, -0.15) is 0 Å². The van der Waals surface area contributed by atoms with Crippen LogP contribution in [0.25, 0.3) is 0 Å². The summed E-state index contributed by atoms with van der Waals surface area (Å²) >= 11 is 0. The lowest BCUT2D eigenvalue weighted by molar-refractivity contribution is -0.136. The average Bonchev–Trinajstić information content (AvgIpc) is 2.42. The van der Waals surface area contributed by atoms with E-state index in [1.165, 1.54) is 0 Å². The molecule has 0 bridgehead atoms. The molecule has 4 nitrogen and oxygen atoms in total. The van der Waals surface area contributed by atoms with Gasteiger partial charge in [0.2, 0.25) is 5.91 Å². The fourth-order valence-corrected chi connectivity index (χ4v) is 2.07. The Morgan fingerprint density at radius 1 is 1.29 bits per heavy atom. The molecule has 1 aromatic carbocycles. The third-order valence-corrected chi connectivity index (χ3v) is 3.06. The highest BCUT2D eigenvalue weighted by Gasteiger charge is 2.25. The molecule has 4 heteroatoms. The fraction of sp³-hybridized carbons (Fsp3) is 0.462. The molecular weight excluding hydrogens is 216 g/mol. The Labute approximate surface area is 101 Å². The molecule has 1 aromatic rings. The van der Waals surface area contributed by atoms with Crippen LogP contribution in [0, 0.1) is 0 Å². The van der Waals surface area contributed by atoms with E-state index in [9.17, 15) is 4.79 Å². The molecule has 1 saturated heterocycles. The minimum Gasteiger partial charge on any atom is -0.378 e. The Hall–Kier alpha value is -1.39.